The number of hydrogen-bond acceptors (Lipinski definition) is 11. The number of aliphatic hydroxyl groups is 1. The normalized spacial score (nSPS) is 21.2. The fraction of sp³-hybridized carbons (Fsp3) is 0.519. The van der Waals surface area contributed by atoms with Gasteiger partial charge in [-0.2, -0.15) is 13.2 Å². The fourth-order valence-electron chi connectivity index (χ4n) is 5.22. The molecule has 0 radical (unpaired) electrons. The third-order valence-electron chi connectivity index (χ3n) is 7.49. The van der Waals surface area contributed by atoms with Crippen LogP contribution in [0.4, 0.5) is 30.6 Å². The number of aliphatic hydroxyl groups excluding tert-OH is 1. The van der Waals surface area contributed by atoms with Crippen molar-refractivity contribution in [2.45, 2.75) is 50.4 Å². The highest BCUT2D eigenvalue weighted by Gasteiger charge is 2.38. The van der Waals surface area contributed by atoms with Crippen LogP contribution in [-0.2, 0) is 27.2 Å². The van der Waals surface area contributed by atoms with Crippen molar-refractivity contribution in [1.29, 1.82) is 0 Å². The molecule has 0 aromatic carbocycles. The Hall–Kier alpha value is -2.85. The molecule has 0 spiro atoms. The quantitative estimate of drug-likeness (QED) is 0.393. The maximum Gasteiger partial charge on any atom is 0.420 e. The van der Waals surface area contributed by atoms with Crippen molar-refractivity contribution in [1.82, 2.24) is 19.9 Å². The molecule has 42 heavy (non-hydrogen) atoms. The molecule has 228 valence electrons. The fourth-order valence-corrected chi connectivity index (χ4v) is 8.17. The predicted octanol–water partition coefficient (Wildman–Crippen LogP) is 4.29. The van der Waals surface area contributed by atoms with E-state index in [-0.39, 0.29) is 40.7 Å². The first kappa shape index (κ1) is 30.6. The molecule has 2 aliphatic heterocycles. The summed E-state index contributed by atoms with van der Waals surface area (Å²) in [7, 11) is -3.72. The number of rotatable bonds is 7. The monoisotopic (exact) mass is 626 g/mol. The van der Waals surface area contributed by atoms with Crippen LogP contribution < -0.4 is 10.2 Å². The smallest absolute Gasteiger partial charge is 0.395 e. The van der Waals surface area contributed by atoms with Crippen LogP contribution in [0.2, 0.25) is 0 Å². The van der Waals surface area contributed by atoms with Crippen LogP contribution in [0.15, 0.2) is 29.3 Å². The van der Waals surface area contributed by atoms with E-state index in [2.05, 4.69) is 32.0 Å². The SMILES string of the molecule is CCc1nc(N2CCN(CCO)C(C)C2)ccc1Nc1ncc(C(F)(F)F)c(-c2cc3c(s2)C(C)OCCS3(=O)=O)n1. The third-order valence-corrected chi connectivity index (χ3v) is 10.6. The van der Waals surface area contributed by atoms with E-state index in [1.807, 2.05) is 19.1 Å². The first-order valence-electron chi connectivity index (χ1n) is 13.7. The molecule has 0 aliphatic carbocycles. The number of fused-ring (bicyclic) bond motifs is 1. The van der Waals surface area contributed by atoms with Gasteiger partial charge in [0.2, 0.25) is 5.95 Å². The lowest BCUT2D eigenvalue weighted by Crippen LogP contribution is -2.52. The third kappa shape index (κ3) is 6.25. The Morgan fingerprint density at radius 2 is 2.00 bits per heavy atom. The zero-order valence-corrected chi connectivity index (χ0v) is 25.1. The summed E-state index contributed by atoms with van der Waals surface area (Å²) in [5.41, 5.74) is -0.208. The summed E-state index contributed by atoms with van der Waals surface area (Å²) in [6, 6.07) is 5.16. The molecule has 2 aliphatic rings. The number of alkyl halides is 3. The van der Waals surface area contributed by atoms with Crippen LogP contribution in [-0.4, -0.2) is 84.6 Å². The Labute approximate surface area is 246 Å². The minimum atomic E-state index is -4.76. The summed E-state index contributed by atoms with van der Waals surface area (Å²) >= 11 is 0.929. The van der Waals surface area contributed by atoms with Gasteiger partial charge in [0.15, 0.2) is 9.84 Å². The molecular formula is C27H33F3N6O4S2. The lowest BCUT2D eigenvalue weighted by molar-refractivity contribution is -0.137. The van der Waals surface area contributed by atoms with Gasteiger partial charge in [0, 0.05) is 38.4 Å². The van der Waals surface area contributed by atoms with Gasteiger partial charge in [-0.1, -0.05) is 6.92 Å². The summed E-state index contributed by atoms with van der Waals surface area (Å²) in [4.78, 5) is 17.8. The number of halogens is 3. The van der Waals surface area contributed by atoms with Crippen molar-refractivity contribution in [3.05, 3.63) is 40.5 Å². The molecule has 1 fully saturated rings. The number of piperazine rings is 1. The number of aromatic nitrogens is 3. The number of ether oxygens (including phenoxy) is 1. The Balaban J connectivity index is 1.46. The number of β-amino-alcohol motifs (C(OH)–C–C–N with tert-alkyl or cyclic N) is 1. The van der Waals surface area contributed by atoms with Crippen LogP contribution in [0.1, 0.15) is 43.0 Å². The predicted molar refractivity (Wildman–Crippen MR) is 154 cm³/mol. The van der Waals surface area contributed by atoms with Crippen LogP contribution in [0.3, 0.4) is 0 Å². The maximum atomic E-state index is 14.0. The first-order chi connectivity index (χ1) is 19.9. The average molecular weight is 627 g/mol. The Morgan fingerprint density at radius 1 is 1.21 bits per heavy atom. The van der Waals surface area contributed by atoms with Gasteiger partial charge in [0.05, 0.1) is 56.8 Å². The zero-order valence-electron chi connectivity index (χ0n) is 23.5. The molecule has 3 aromatic rings. The number of aryl methyl sites for hydroxylation is 1. The molecule has 10 nitrogen and oxygen atoms in total. The molecule has 2 atom stereocenters. The molecule has 5 rings (SSSR count). The van der Waals surface area contributed by atoms with Crippen LogP contribution in [0, 0.1) is 0 Å². The minimum Gasteiger partial charge on any atom is -0.395 e. The molecule has 0 bridgehead atoms. The summed E-state index contributed by atoms with van der Waals surface area (Å²) in [5, 5.41) is 12.3. The van der Waals surface area contributed by atoms with Gasteiger partial charge in [0.25, 0.3) is 0 Å². The number of anilines is 3. The molecular weight excluding hydrogens is 593 g/mol. The van der Waals surface area contributed by atoms with Gasteiger partial charge >= 0.3 is 6.18 Å². The summed E-state index contributed by atoms with van der Waals surface area (Å²) < 4.78 is 73.2. The van der Waals surface area contributed by atoms with E-state index in [1.54, 1.807) is 6.92 Å². The maximum absolute atomic E-state index is 14.0. The van der Waals surface area contributed by atoms with E-state index in [1.165, 1.54) is 6.07 Å². The second-order valence-corrected chi connectivity index (χ2v) is 13.5. The lowest BCUT2D eigenvalue weighted by Gasteiger charge is -2.40. The lowest BCUT2D eigenvalue weighted by atomic mass is 10.1. The Morgan fingerprint density at radius 3 is 2.69 bits per heavy atom. The number of sulfone groups is 1. The van der Waals surface area contributed by atoms with Crippen LogP contribution in [0.25, 0.3) is 10.6 Å². The Bertz CT molecular complexity index is 1550. The van der Waals surface area contributed by atoms with Crippen LogP contribution >= 0.6 is 11.3 Å². The molecule has 5 heterocycles. The number of thiophene rings is 1. The molecule has 0 saturated carbocycles. The van der Waals surface area contributed by atoms with Gasteiger partial charge in [-0.05, 0) is 38.5 Å². The second kappa shape index (κ2) is 12.0. The zero-order chi connectivity index (χ0) is 30.2. The highest BCUT2D eigenvalue weighted by atomic mass is 32.2. The number of nitrogens with one attached hydrogen (secondary N) is 1. The van der Waals surface area contributed by atoms with Crippen molar-refractivity contribution < 1.29 is 31.4 Å². The van der Waals surface area contributed by atoms with E-state index in [4.69, 9.17) is 9.72 Å². The largest absolute Gasteiger partial charge is 0.420 e. The molecule has 3 aromatic heterocycles. The van der Waals surface area contributed by atoms with Crippen molar-refractivity contribution in [3.8, 4) is 10.6 Å². The standard InChI is InChI=1S/C27H33F3N6O4S2/c1-4-19-20(5-6-23(32-19)36-8-7-35(9-10-37)16(2)15-36)33-26-31-14-18(27(28,29)30)24(34-26)21-13-22-25(41-21)17(3)40-11-12-42(22,38)39/h5-6,13-14,16-17,37H,4,7-12,15H2,1-3H3,(H,31,33,34). The number of hydrogen-bond donors (Lipinski definition) is 2. The molecule has 1 saturated heterocycles. The van der Waals surface area contributed by atoms with E-state index in [9.17, 15) is 26.7 Å². The van der Waals surface area contributed by atoms with Crippen molar-refractivity contribution in [3.63, 3.8) is 0 Å². The van der Waals surface area contributed by atoms with Gasteiger partial charge < -0.3 is 20.1 Å². The van der Waals surface area contributed by atoms with E-state index in [0.717, 1.165) is 36.8 Å². The number of nitrogens with zero attached hydrogens (tertiary/aromatic N) is 5. The van der Waals surface area contributed by atoms with E-state index < -0.39 is 33.4 Å². The van der Waals surface area contributed by atoms with Gasteiger partial charge in [-0.15, -0.1) is 11.3 Å². The highest BCUT2D eigenvalue weighted by Crippen LogP contribution is 2.44. The molecule has 15 heteroatoms. The minimum absolute atomic E-state index is 0.0150. The summed E-state index contributed by atoms with van der Waals surface area (Å²) in [6.07, 6.45) is -4.07. The van der Waals surface area contributed by atoms with Gasteiger partial charge in [-0.3, -0.25) is 4.90 Å². The molecule has 2 N–H and O–H groups in total. The Kier molecular flexibility index (Phi) is 8.77. The van der Waals surface area contributed by atoms with Gasteiger partial charge in [0.1, 0.15) is 11.4 Å². The second-order valence-electron chi connectivity index (χ2n) is 10.3. The number of pyridine rings is 1. The summed E-state index contributed by atoms with van der Waals surface area (Å²) in [6.45, 7) is 8.76. The van der Waals surface area contributed by atoms with Crippen LogP contribution in [0.5, 0.6) is 0 Å². The van der Waals surface area contributed by atoms with Crippen molar-refractivity contribution >= 4 is 38.6 Å². The molecule has 0 amide bonds. The van der Waals surface area contributed by atoms with E-state index >= 15 is 0 Å². The first-order valence-corrected chi connectivity index (χ1v) is 16.2. The van der Waals surface area contributed by atoms with Crippen molar-refractivity contribution in [2.24, 2.45) is 0 Å². The summed E-state index contributed by atoms with van der Waals surface area (Å²) in [5.74, 6) is 0.479. The molecule has 2 unspecified atom stereocenters. The average Bonchev–Trinajstić information content (AvgIpc) is 3.37. The highest BCUT2D eigenvalue weighted by molar-refractivity contribution is 7.91. The topological polar surface area (TPSA) is 121 Å². The van der Waals surface area contributed by atoms with Crippen molar-refractivity contribution in [2.75, 3.05) is 55.4 Å². The van der Waals surface area contributed by atoms with E-state index in [0.29, 0.717) is 35.4 Å². The van der Waals surface area contributed by atoms with Gasteiger partial charge in [-0.25, -0.2) is 23.4 Å².